The Morgan fingerprint density at radius 3 is 1.15 bits per heavy atom. The number of hydrogen-bond acceptors (Lipinski definition) is 10. The van der Waals surface area contributed by atoms with E-state index in [9.17, 15) is 4.79 Å². The summed E-state index contributed by atoms with van der Waals surface area (Å²) in [7, 11) is 0. The normalized spacial score (nSPS) is 15.4. The number of carbonyl (C=O) groups is 1. The van der Waals surface area contributed by atoms with Gasteiger partial charge in [0.2, 0.25) is 0 Å². The van der Waals surface area contributed by atoms with Crippen LogP contribution in [0.1, 0.15) is 203 Å². The molecule has 4 aliphatic rings. The number of ether oxygens (including phenoxy) is 1. The van der Waals surface area contributed by atoms with Crippen LogP contribution in [0.3, 0.4) is 0 Å². The summed E-state index contributed by atoms with van der Waals surface area (Å²) in [4.78, 5) is 65.9. The molecular formula is C101H116Ir4N4O10. The van der Waals surface area contributed by atoms with Crippen molar-refractivity contribution in [3.63, 3.8) is 0 Å². The molecule has 0 atom stereocenters. The van der Waals surface area contributed by atoms with Crippen molar-refractivity contribution in [1.82, 2.24) is 0 Å². The number of nitrogens with zero attached hydrogens (tertiary/aromatic N) is 4. The smallest absolute Gasteiger partial charge is 0.338 e. The summed E-state index contributed by atoms with van der Waals surface area (Å²) >= 11 is 0. The quantitative estimate of drug-likeness (QED) is 0.0379. The molecule has 0 saturated heterocycles. The maximum Gasteiger partial charge on any atom is 0.338 e. The molecule has 4 radical (unpaired) electrons. The largest absolute Gasteiger partial charge is 0.512 e. The molecule has 0 aliphatic carbocycles. The first-order valence-electron chi connectivity index (χ1n) is 38.7. The Morgan fingerprint density at radius 2 is 0.731 bits per heavy atom. The first kappa shape index (κ1) is 106. The molecule has 9 aromatic rings. The predicted octanol–water partition coefficient (Wildman–Crippen LogP) is 22.0. The number of hydrogen-bond donors (Lipinski definition) is 4. The van der Waals surface area contributed by atoms with E-state index in [2.05, 4.69) is 213 Å². The van der Waals surface area contributed by atoms with Crippen LogP contribution >= 0.6 is 0 Å². The van der Waals surface area contributed by atoms with E-state index in [4.69, 9.17) is 64.3 Å². The maximum absolute atomic E-state index is 12.4. The molecule has 636 valence electrons. The summed E-state index contributed by atoms with van der Waals surface area (Å²) in [6.45, 7) is 35.1. The number of carbonyl (C=O) groups excluding carboxylic acids is 5. The molecule has 4 heterocycles. The second-order valence-corrected chi connectivity index (χ2v) is 31.4. The first-order chi connectivity index (χ1) is 54.3. The van der Waals surface area contributed by atoms with Crippen molar-refractivity contribution >= 4 is 51.9 Å². The Kier molecular flexibility index (Phi) is 44.9. The predicted molar refractivity (Wildman–Crippen MR) is 476 cm³/mol. The maximum atomic E-state index is 12.4. The van der Waals surface area contributed by atoms with E-state index in [-0.39, 0.29) is 154 Å². The number of benzene rings is 9. The molecule has 0 saturated carbocycles. The number of aliphatic imine (C=N–C) groups is 4. The molecule has 9 aromatic carbocycles. The average Bonchev–Trinajstić information content (AvgIpc) is 0.745. The standard InChI is InChI=1S/C25H24N.C21H24N.C18H16NO2.C17H16N.4C5H8O2.4Ir/c1-24(2)21-16-10-8-14-19(21)20-15-9-11-17-22(20)25(3,4)26-23(24)18-12-6-5-7-13-18;1-20(2)14-17-12-8-9-13-18(17)15-21(3,4)22-19(20)16-10-6-5-7-11-16;1-18(2)16(13-8-4-3-5-9-13)19-12-14-10-6-7-11-15(14)17(20)21-18;1-2-8-16(9-3-1)17-11-10-14-6-4-5-7-15(14)12-13-18-17;4*1-4(6)3-5(2)7;;;;/h5-12,14-17H,1-4H3;5-10,12-13H,14-15H2,1-4H3;3-8,10-11H,12H2,1-2H3;1-8H,10-13H2;4*3,6H,1-2H3;;;;/q4*-1;;;;;;;;/p+4. The van der Waals surface area contributed by atoms with Gasteiger partial charge in [-0.2, -0.15) is 0 Å². The molecule has 13 rings (SSSR count). The monoisotopic (exact) mass is 2320 g/mol. The van der Waals surface area contributed by atoms with Crippen LogP contribution in [0.4, 0.5) is 0 Å². The average molecular weight is 2310 g/mol. The van der Waals surface area contributed by atoms with E-state index in [1.165, 1.54) is 136 Å². The van der Waals surface area contributed by atoms with E-state index >= 15 is 0 Å². The minimum Gasteiger partial charge on any atom is -0.512 e. The summed E-state index contributed by atoms with van der Waals surface area (Å²) < 4.78 is 5.68. The molecule has 0 bridgehead atoms. The number of allylic oxidation sites excluding steroid dienone is 8. The molecule has 0 amide bonds. The summed E-state index contributed by atoms with van der Waals surface area (Å²) in [6, 6.07) is 87.7. The number of aliphatic hydroxyl groups is 4. The van der Waals surface area contributed by atoms with Gasteiger partial charge in [0.15, 0.2) is 0 Å². The molecule has 8 N–H and O–H groups in total. The minimum absolute atomic E-state index is 0. The number of rotatable bonds is 8. The fourth-order valence-corrected chi connectivity index (χ4v) is 13.6. The molecule has 0 spiro atoms. The van der Waals surface area contributed by atoms with E-state index in [1.807, 2.05) is 92.7 Å². The van der Waals surface area contributed by atoms with Crippen molar-refractivity contribution in [1.29, 1.82) is 0 Å². The van der Waals surface area contributed by atoms with Crippen LogP contribution in [0.5, 0.6) is 0 Å². The molecule has 18 heteroatoms. The third-order valence-electron chi connectivity index (χ3n) is 18.5. The van der Waals surface area contributed by atoms with E-state index in [0.717, 1.165) is 77.9 Å². The van der Waals surface area contributed by atoms with Crippen LogP contribution in [-0.4, -0.2) is 109 Å². The van der Waals surface area contributed by atoms with Crippen molar-refractivity contribution in [3.05, 3.63) is 357 Å². The third-order valence-corrected chi connectivity index (χ3v) is 18.5. The molecule has 0 aromatic heterocycles. The third kappa shape index (κ3) is 34.7. The van der Waals surface area contributed by atoms with Gasteiger partial charge < -0.3 is 45.1 Å². The van der Waals surface area contributed by atoms with Crippen LogP contribution in [0.15, 0.2) is 286 Å². The zero-order valence-electron chi connectivity index (χ0n) is 71.6. The Labute approximate surface area is 760 Å². The summed E-state index contributed by atoms with van der Waals surface area (Å²) in [6.07, 6.45) is 10.2. The van der Waals surface area contributed by atoms with E-state index < -0.39 is 5.60 Å². The zero-order valence-corrected chi connectivity index (χ0v) is 81.1. The Hall–Kier alpha value is -9.43. The summed E-state index contributed by atoms with van der Waals surface area (Å²) in [5.41, 5.74) is 19.4. The molecule has 4 aliphatic heterocycles. The second-order valence-electron chi connectivity index (χ2n) is 31.4. The van der Waals surface area contributed by atoms with Gasteiger partial charge in [0.25, 0.3) is 0 Å². The van der Waals surface area contributed by atoms with Gasteiger partial charge in [-0.1, -0.05) is 143 Å². The topological polar surface area (TPSA) is 242 Å². The number of ketones is 4. The minimum atomic E-state index is -0.789. The number of aliphatic hydroxyl groups excluding tert-OH is 4. The van der Waals surface area contributed by atoms with Gasteiger partial charge in [0.1, 0.15) is 5.60 Å². The van der Waals surface area contributed by atoms with Crippen LogP contribution in [-0.2, 0) is 128 Å². The Morgan fingerprint density at radius 1 is 0.378 bits per heavy atom. The van der Waals surface area contributed by atoms with E-state index in [1.54, 1.807) is 6.07 Å². The first-order valence-corrected chi connectivity index (χ1v) is 38.7. The fourth-order valence-electron chi connectivity index (χ4n) is 13.6. The Bertz CT molecular complexity index is 4930. The summed E-state index contributed by atoms with van der Waals surface area (Å²) in [5.74, 6) is 0.693. The number of cyclic esters (lactones) is 1. The van der Waals surface area contributed by atoms with Crippen molar-refractivity contribution < 1.29 is 130 Å². The van der Waals surface area contributed by atoms with Gasteiger partial charge in [-0.3, -0.25) is 19.2 Å². The van der Waals surface area contributed by atoms with Gasteiger partial charge in [-0.25, -0.2) is 4.79 Å². The zero-order chi connectivity index (χ0) is 84.7. The Balaban J connectivity index is 0.000000483. The van der Waals surface area contributed by atoms with Gasteiger partial charge >= 0.3 is 29.1 Å². The van der Waals surface area contributed by atoms with Gasteiger partial charge in [0, 0.05) is 98.2 Å². The second kappa shape index (κ2) is 50.6. The SMILES string of the molecule is CC(=[OH+])C=C(C)O.CC(=[OH+])C=C(C)O.CC(=[OH+])C=C(C)O.CC(=[OH+])C=C(C)O.CC1(C)Cc2ccccc2CC(C)(C)C(c2[c-]cccc2)=N1.CC1(C)N=C(c2[c-]cccc2)C(C)(C)c2ccccc2-c2ccccc21.CC1(C)OC(=O)c2ccccc2CN=C1c1[c-]cccc1.[Ir].[Ir].[Ir].[Ir].[c-]1ccccc1C1=NCCc2ccccc2CC1. The van der Waals surface area contributed by atoms with Crippen LogP contribution in [0, 0.1) is 29.7 Å². The molecule has 0 unspecified atom stereocenters. The number of aryl methyl sites for hydroxylation is 1. The van der Waals surface area contributed by atoms with Crippen molar-refractivity contribution in [2.75, 3.05) is 6.54 Å². The van der Waals surface area contributed by atoms with E-state index in [0.29, 0.717) is 12.1 Å². The van der Waals surface area contributed by atoms with Crippen molar-refractivity contribution in [2.45, 2.75) is 185 Å². The van der Waals surface area contributed by atoms with Crippen LogP contribution in [0.25, 0.3) is 11.1 Å². The van der Waals surface area contributed by atoms with Crippen molar-refractivity contribution in [3.8, 4) is 11.1 Å². The van der Waals surface area contributed by atoms with Gasteiger partial charge in [0.05, 0.1) is 92.7 Å². The molecule has 119 heavy (non-hydrogen) atoms. The van der Waals surface area contributed by atoms with Gasteiger partial charge in [-0.05, 0) is 185 Å². The number of fused-ring (bicyclic) bond motifs is 6. The number of esters is 1. The molecule has 14 nitrogen and oxygen atoms in total. The molecule has 0 fully saturated rings. The van der Waals surface area contributed by atoms with Gasteiger partial charge in [-0.15, -0.1) is 144 Å². The van der Waals surface area contributed by atoms with Crippen LogP contribution < -0.4 is 0 Å². The van der Waals surface area contributed by atoms with Crippen LogP contribution in [0.2, 0.25) is 0 Å². The summed E-state index contributed by atoms with van der Waals surface area (Å²) in [5, 5.41) is 33.6. The van der Waals surface area contributed by atoms with Crippen molar-refractivity contribution in [2.24, 2.45) is 25.4 Å². The fraction of sp³-hybridized carbons (Fsp3) is 0.297. The molecular weight excluding hydrogens is 2200 g/mol.